The van der Waals surface area contributed by atoms with Crippen molar-refractivity contribution < 1.29 is 14.6 Å². The normalized spacial score (nSPS) is 13.6. The van der Waals surface area contributed by atoms with E-state index in [-0.39, 0.29) is 12.6 Å². The maximum atomic E-state index is 12.0. The van der Waals surface area contributed by atoms with Crippen LogP contribution in [-0.4, -0.2) is 30.4 Å². The minimum Gasteiger partial charge on any atom is -0.394 e. The van der Waals surface area contributed by atoms with Gasteiger partial charge in [-0.25, -0.2) is 4.79 Å². The molecule has 1 aromatic rings. The third kappa shape index (κ3) is 4.83. The molecule has 0 aliphatic carbocycles. The zero-order valence-electron chi connectivity index (χ0n) is 12.4. The lowest BCUT2D eigenvalue weighted by molar-refractivity contribution is 0.167. The fourth-order valence-electron chi connectivity index (χ4n) is 2.08. The van der Waals surface area contributed by atoms with E-state index in [1.807, 2.05) is 38.1 Å². The molecule has 0 aromatic heterocycles. The molecule has 112 valence electrons. The first-order valence-corrected chi connectivity index (χ1v) is 6.81. The Balaban J connectivity index is 2.71. The summed E-state index contributed by atoms with van der Waals surface area (Å²) in [5, 5.41) is 15.0. The van der Waals surface area contributed by atoms with Crippen LogP contribution in [0.1, 0.15) is 32.3 Å². The van der Waals surface area contributed by atoms with E-state index >= 15 is 0 Å². The molecule has 0 bridgehead atoms. The Morgan fingerprint density at radius 3 is 2.70 bits per heavy atom. The third-order valence-corrected chi connectivity index (χ3v) is 3.13. The van der Waals surface area contributed by atoms with Crippen molar-refractivity contribution in [3.05, 3.63) is 29.8 Å². The van der Waals surface area contributed by atoms with Gasteiger partial charge in [0.1, 0.15) is 0 Å². The molecule has 1 atom stereocenters. The summed E-state index contributed by atoms with van der Waals surface area (Å²) in [5.74, 6) is 0. The molecule has 0 fully saturated rings. The molecule has 0 heterocycles. The van der Waals surface area contributed by atoms with Crippen molar-refractivity contribution in [1.29, 1.82) is 0 Å². The average Bonchev–Trinajstić information content (AvgIpc) is 2.41. The topological polar surface area (TPSA) is 70.6 Å². The molecule has 1 aromatic carbocycles. The number of carbonyl (C=O) groups is 1. The van der Waals surface area contributed by atoms with Gasteiger partial charge in [0, 0.05) is 18.4 Å². The van der Waals surface area contributed by atoms with Gasteiger partial charge in [-0.2, -0.15) is 0 Å². The highest BCUT2D eigenvalue weighted by atomic mass is 16.5. The highest BCUT2D eigenvalue weighted by Crippen LogP contribution is 2.17. The zero-order valence-corrected chi connectivity index (χ0v) is 12.4. The monoisotopic (exact) mass is 280 g/mol. The highest BCUT2D eigenvalue weighted by molar-refractivity contribution is 5.90. The molecule has 0 aliphatic heterocycles. The van der Waals surface area contributed by atoms with Crippen molar-refractivity contribution >= 4 is 11.7 Å². The van der Waals surface area contributed by atoms with Gasteiger partial charge in [-0.05, 0) is 19.4 Å². The van der Waals surface area contributed by atoms with Crippen molar-refractivity contribution in [1.82, 2.24) is 5.32 Å². The molecule has 20 heavy (non-hydrogen) atoms. The van der Waals surface area contributed by atoms with Crippen molar-refractivity contribution in [2.45, 2.75) is 38.8 Å². The smallest absolute Gasteiger partial charge is 0.319 e. The number of rotatable bonds is 7. The number of urea groups is 1. The zero-order chi connectivity index (χ0) is 15.0. The van der Waals surface area contributed by atoms with Crippen LogP contribution in [0.15, 0.2) is 24.3 Å². The molecule has 0 aliphatic rings. The van der Waals surface area contributed by atoms with Gasteiger partial charge in [-0.3, -0.25) is 0 Å². The van der Waals surface area contributed by atoms with Crippen LogP contribution in [0.25, 0.3) is 0 Å². The SMILES string of the molecule is CCCC(C)(CO)NC(=O)Nc1ccccc1COC. The average molecular weight is 280 g/mol. The van der Waals surface area contributed by atoms with Gasteiger partial charge in [-0.15, -0.1) is 0 Å². The van der Waals surface area contributed by atoms with Gasteiger partial charge >= 0.3 is 6.03 Å². The summed E-state index contributed by atoms with van der Waals surface area (Å²) in [4.78, 5) is 12.0. The number of methoxy groups -OCH3 is 1. The van der Waals surface area contributed by atoms with E-state index in [0.717, 1.165) is 18.4 Å². The summed E-state index contributed by atoms with van der Waals surface area (Å²) in [6, 6.07) is 7.15. The van der Waals surface area contributed by atoms with Crippen molar-refractivity contribution in [2.24, 2.45) is 0 Å². The van der Waals surface area contributed by atoms with E-state index in [1.54, 1.807) is 7.11 Å². The number of hydrogen-bond donors (Lipinski definition) is 3. The molecule has 0 spiro atoms. The maximum Gasteiger partial charge on any atom is 0.319 e. The lowest BCUT2D eigenvalue weighted by Gasteiger charge is -2.28. The van der Waals surface area contributed by atoms with Gasteiger partial charge in [0.25, 0.3) is 0 Å². The summed E-state index contributed by atoms with van der Waals surface area (Å²) < 4.78 is 5.10. The fraction of sp³-hybridized carbons (Fsp3) is 0.533. The Hall–Kier alpha value is -1.59. The predicted octanol–water partition coefficient (Wildman–Crippen LogP) is 2.51. The van der Waals surface area contributed by atoms with E-state index in [0.29, 0.717) is 12.3 Å². The molecule has 0 saturated carbocycles. The summed E-state index contributed by atoms with van der Waals surface area (Å²) in [6.07, 6.45) is 1.61. The molecule has 0 saturated heterocycles. The van der Waals surface area contributed by atoms with Gasteiger partial charge in [0.05, 0.1) is 18.8 Å². The molecule has 5 heteroatoms. The van der Waals surface area contributed by atoms with E-state index in [1.165, 1.54) is 0 Å². The van der Waals surface area contributed by atoms with Crippen LogP contribution in [0, 0.1) is 0 Å². The first-order chi connectivity index (χ1) is 9.54. The van der Waals surface area contributed by atoms with Gasteiger partial charge < -0.3 is 20.5 Å². The van der Waals surface area contributed by atoms with Gasteiger partial charge in [0.15, 0.2) is 0 Å². The number of aliphatic hydroxyl groups is 1. The van der Waals surface area contributed by atoms with E-state index < -0.39 is 5.54 Å². The Labute approximate surface area is 120 Å². The second-order valence-corrected chi connectivity index (χ2v) is 5.14. The first-order valence-electron chi connectivity index (χ1n) is 6.81. The van der Waals surface area contributed by atoms with E-state index in [2.05, 4.69) is 10.6 Å². The number of hydrogen-bond acceptors (Lipinski definition) is 3. The third-order valence-electron chi connectivity index (χ3n) is 3.13. The van der Waals surface area contributed by atoms with Crippen LogP contribution in [0.5, 0.6) is 0 Å². The van der Waals surface area contributed by atoms with Gasteiger partial charge in [0.2, 0.25) is 0 Å². The highest BCUT2D eigenvalue weighted by Gasteiger charge is 2.24. The number of anilines is 1. The number of ether oxygens (including phenoxy) is 1. The molecular formula is C15H24N2O3. The summed E-state index contributed by atoms with van der Waals surface area (Å²) in [5.41, 5.74) is 1.02. The number of carbonyl (C=O) groups excluding carboxylic acids is 1. The quantitative estimate of drug-likeness (QED) is 0.718. The fourth-order valence-corrected chi connectivity index (χ4v) is 2.08. The number of amides is 2. The van der Waals surface area contributed by atoms with Gasteiger partial charge in [-0.1, -0.05) is 31.5 Å². The van der Waals surface area contributed by atoms with Crippen LogP contribution in [0.3, 0.4) is 0 Å². The largest absolute Gasteiger partial charge is 0.394 e. The van der Waals surface area contributed by atoms with E-state index in [4.69, 9.17) is 4.74 Å². The van der Waals surface area contributed by atoms with Crippen LogP contribution >= 0.6 is 0 Å². The van der Waals surface area contributed by atoms with Crippen LogP contribution < -0.4 is 10.6 Å². The molecule has 1 rings (SSSR count). The number of aliphatic hydroxyl groups excluding tert-OH is 1. The van der Waals surface area contributed by atoms with Crippen molar-refractivity contribution in [3.8, 4) is 0 Å². The Morgan fingerprint density at radius 1 is 1.40 bits per heavy atom. The molecule has 0 radical (unpaired) electrons. The van der Waals surface area contributed by atoms with Crippen molar-refractivity contribution in [3.63, 3.8) is 0 Å². The molecule has 1 unspecified atom stereocenters. The second kappa shape index (κ2) is 7.87. The second-order valence-electron chi connectivity index (χ2n) is 5.14. The molecular weight excluding hydrogens is 256 g/mol. The molecule has 2 amide bonds. The summed E-state index contributed by atoms with van der Waals surface area (Å²) in [6.45, 7) is 4.19. The first kappa shape index (κ1) is 16.5. The van der Waals surface area contributed by atoms with Crippen LogP contribution in [-0.2, 0) is 11.3 Å². The lowest BCUT2D eigenvalue weighted by Crippen LogP contribution is -2.50. The number of nitrogens with one attached hydrogen (secondary N) is 2. The lowest BCUT2D eigenvalue weighted by atomic mass is 9.98. The minimum absolute atomic E-state index is 0.0893. The predicted molar refractivity (Wildman–Crippen MR) is 79.7 cm³/mol. The maximum absolute atomic E-state index is 12.0. The van der Waals surface area contributed by atoms with Crippen LogP contribution in [0.4, 0.5) is 10.5 Å². The number of para-hydroxylation sites is 1. The van der Waals surface area contributed by atoms with E-state index in [9.17, 15) is 9.90 Å². The molecule has 5 nitrogen and oxygen atoms in total. The number of benzene rings is 1. The van der Waals surface area contributed by atoms with Crippen molar-refractivity contribution in [2.75, 3.05) is 19.0 Å². The summed E-state index contributed by atoms with van der Waals surface area (Å²) in [7, 11) is 1.61. The standard InChI is InChI=1S/C15H24N2O3/c1-4-9-15(2,11-18)17-14(19)16-13-8-6-5-7-12(13)10-20-3/h5-8,18H,4,9-11H2,1-3H3,(H2,16,17,19). The Kier molecular flexibility index (Phi) is 6.48. The minimum atomic E-state index is -0.602. The Morgan fingerprint density at radius 2 is 2.10 bits per heavy atom. The Bertz CT molecular complexity index is 437. The molecule has 3 N–H and O–H groups in total. The summed E-state index contributed by atoms with van der Waals surface area (Å²) >= 11 is 0. The van der Waals surface area contributed by atoms with Crippen LogP contribution in [0.2, 0.25) is 0 Å².